The fraction of sp³-hybridized carbons (Fsp3) is 0.200. The van der Waals surface area contributed by atoms with Gasteiger partial charge in [0.05, 0.1) is 0 Å². The highest BCUT2D eigenvalue weighted by molar-refractivity contribution is 7.98. The third-order valence-electron chi connectivity index (χ3n) is 2.88. The first-order chi connectivity index (χ1) is 8.70. The molecule has 0 heterocycles. The number of nitrogens with two attached hydrogens (primary N) is 1. The molecule has 0 saturated heterocycles. The van der Waals surface area contributed by atoms with Gasteiger partial charge >= 0.3 is 0 Å². The predicted octanol–water partition coefficient (Wildman–Crippen LogP) is 3.89. The van der Waals surface area contributed by atoms with Crippen molar-refractivity contribution in [2.24, 2.45) is 5.73 Å². The van der Waals surface area contributed by atoms with Crippen molar-refractivity contribution in [2.75, 3.05) is 0 Å². The van der Waals surface area contributed by atoms with Crippen molar-refractivity contribution in [3.63, 3.8) is 0 Å². The quantitative estimate of drug-likeness (QED) is 0.845. The minimum Gasteiger partial charge on any atom is -0.326 e. The summed E-state index contributed by atoms with van der Waals surface area (Å²) in [5, 5.41) is 0. The van der Waals surface area contributed by atoms with E-state index in [1.807, 2.05) is 18.2 Å². The molecule has 0 unspecified atom stereocenters. The third-order valence-corrected chi connectivity index (χ3v) is 3.97. The summed E-state index contributed by atoms with van der Waals surface area (Å²) in [6, 6.07) is 13.4. The zero-order chi connectivity index (χ0) is 13.0. The van der Waals surface area contributed by atoms with Gasteiger partial charge in [-0.1, -0.05) is 30.3 Å². The molecule has 0 fully saturated rings. The molecule has 94 valence electrons. The lowest BCUT2D eigenvalue weighted by atomic mass is 10.1. The third kappa shape index (κ3) is 3.12. The largest absolute Gasteiger partial charge is 0.326 e. The normalized spacial score (nSPS) is 10.6. The van der Waals surface area contributed by atoms with Crippen LogP contribution < -0.4 is 5.73 Å². The Morgan fingerprint density at radius 3 is 2.61 bits per heavy atom. The molecule has 0 aliphatic rings. The lowest BCUT2D eigenvalue weighted by Gasteiger charge is -2.07. The first-order valence-corrected chi connectivity index (χ1v) is 6.85. The molecule has 1 nitrogen and oxygen atoms in total. The molecule has 0 saturated carbocycles. The highest BCUT2D eigenvalue weighted by atomic mass is 32.2. The number of benzene rings is 2. The summed E-state index contributed by atoms with van der Waals surface area (Å²) in [4.78, 5) is 0.676. The summed E-state index contributed by atoms with van der Waals surface area (Å²) in [5.74, 6) is 0.600. The number of rotatable bonds is 4. The number of thioether (sulfide) groups is 1. The Labute approximate surface area is 111 Å². The average Bonchev–Trinajstić information content (AvgIpc) is 2.39. The predicted molar refractivity (Wildman–Crippen MR) is 75.0 cm³/mol. The molecule has 2 aromatic carbocycles. The van der Waals surface area contributed by atoms with Crippen molar-refractivity contribution in [3.05, 3.63) is 65.0 Å². The Bertz CT molecular complexity index is 540. The molecule has 0 aliphatic heterocycles. The molecule has 0 atom stereocenters. The summed E-state index contributed by atoms with van der Waals surface area (Å²) in [6.45, 7) is 2.45. The van der Waals surface area contributed by atoms with Crippen molar-refractivity contribution >= 4 is 11.8 Å². The standard InChI is InChI=1S/C15H16FNS/c1-11-4-2-3-5-13(11)10-18-15-7-6-12(9-17)8-14(15)16/h2-8H,9-10,17H2,1H3. The monoisotopic (exact) mass is 261 g/mol. The van der Waals surface area contributed by atoms with E-state index in [4.69, 9.17) is 5.73 Å². The molecular weight excluding hydrogens is 245 g/mol. The van der Waals surface area contributed by atoms with Gasteiger partial charge < -0.3 is 5.73 Å². The molecule has 0 aliphatic carbocycles. The summed E-state index contributed by atoms with van der Waals surface area (Å²) in [5.41, 5.74) is 8.79. The van der Waals surface area contributed by atoms with Gasteiger partial charge in [-0.3, -0.25) is 0 Å². The molecule has 18 heavy (non-hydrogen) atoms. The van der Waals surface area contributed by atoms with Crippen LogP contribution in [0, 0.1) is 12.7 Å². The van der Waals surface area contributed by atoms with Crippen LogP contribution in [-0.4, -0.2) is 0 Å². The summed E-state index contributed by atoms with van der Waals surface area (Å²) in [7, 11) is 0. The van der Waals surface area contributed by atoms with Crippen LogP contribution in [0.5, 0.6) is 0 Å². The van der Waals surface area contributed by atoms with E-state index in [2.05, 4.69) is 19.1 Å². The van der Waals surface area contributed by atoms with E-state index < -0.39 is 0 Å². The maximum atomic E-state index is 13.8. The van der Waals surface area contributed by atoms with Crippen molar-refractivity contribution in [1.82, 2.24) is 0 Å². The molecule has 0 bridgehead atoms. The summed E-state index contributed by atoms with van der Waals surface area (Å²) < 4.78 is 13.8. The highest BCUT2D eigenvalue weighted by Gasteiger charge is 2.05. The Balaban J connectivity index is 2.09. The molecule has 0 aromatic heterocycles. The van der Waals surface area contributed by atoms with Crippen LogP contribution in [-0.2, 0) is 12.3 Å². The second-order valence-electron chi connectivity index (χ2n) is 4.18. The van der Waals surface area contributed by atoms with Crippen LogP contribution in [0.1, 0.15) is 16.7 Å². The van der Waals surface area contributed by atoms with E-state index in [0.29, 0.717) is 11.4 Å². The van der Waals surface area contributed by atoms with E-state index >= 15 is 0 Å². The van der Waals surface area contributed by atoms with Gasteiger partial charge in [-0.2, -0.15) is 0 Å². The van der Waals surface area contributed by atoms with E-state index in [-0.39, 0.29) is 5.82 Å². The van der Waals surface area contributed by atoms with Crippen LogP contribution in [0.2, 0.25) is 0 Å². The first-order valence-electron chi connectivity index (χ1n) is 5.86. The van der Waals surface area contributed by atoms with Gasteiger partial charge in [-0.05, 0) is 35.7 Å². The summed E-state index contributed by atoms with van der Waals surface area (Å²) >= 11 is 1.52. The fourth-order valence-corrected chi connectivity index (χ4v) is 2.71. The molecule has 0 spiro atoms. The number of halogens is 1. The SMILES string of the molecule is Cc1ccccc1CSc1ccc(CN)cc1F. The molecule has 2 N–H and O–H groups in total. The van der Waals surface area contributed by atoms with Gasteiger partial charge in [0.2, 0.25) is 0 Å². The maximum absolute atomic E-state index is 13.8. The van der Waals surface area contributed by atoms with Gasteiger partial charge in [-0.15, -0.1) is 11.8 Å². The van der Waals surface area contributed by atoms with Crippen LogP contribution in [0.4, 0.5) is 4.39 Å². The topological polar surface area (TPSA) is 26.0 Å². The number of hydrogen-bond acceptors (Lipinski definition) is 2. The van der Waals surface area contributed by atoms with Crippen LogP contribution in [0.3, 0.4) is 0 Å². The Kier molecular flexibility index (Phi) is 4.39. The average molecular weight is 261 g/mol. The van der Waals surface area contributed by atoms with Gasteiger partial charge in [0.15, 0.2) is 0 Å². The van der Waals surface area contributed by atoms with Crippen molar-refractivity contribution in [3.8, 4) is 0 Å². The van der Waals surface area contributed by atoms with Gasteiger partial charge in [-0.25, -0.2) is 4.39 Å². The zero-order valence-electron chi connectivity index (χ0n) is 10.3. The lowest BCUT2D eigenvalue weighted by Crippen LogP contribution is -1.97. The van der Waals surface area contributed by atoms with Crippen molar-refractivity contribution in [2.45, 2.75) is 24.1 Å². The first kappa shape index (κ1) is 13.1. The Morgan fingerprint density at radius 2 is 1.94 bits per heavy atom. The Morgan fingerprint density at radius 1 is 1.17 bits per heavy atom. The maximum Gasteiger partial charge on any atom is 0.137 e. The second kappa shape index (κ2) is 6.03. The van der Waals surface area contributed by atoms with Gasteiger partial charge in [0.25, 0.3) is 0 Å². The van der Waals surface area contributed by atoms with E-state index in [9.17, 15) is 4.39 Å². The molecular formula is C15H16FNS. The van der Waals surface area contributed by atoms with Crippen LogP contribution >= 0.6 is 11.8 Å². The highest BCUT2D eigenvalue weighted by Crippen LogP contribution is 2.27. The molecule has 3 heteroatoms. The molecule has 2 rings (SSSR count). The smallest absolute Gasteiger partial charge is 0.137 e. The minimum atomic E-state index is -0.184. The van der Waals surface area contributed by atoms with Gasteiger partial charge in [0.1, 0.15) is 5.82 Å². The number of hydrogen-bond donors (Lipinski definition) is 1. The molecule has 0 radical (unpaired) electrons. The molecule has 2 aromatic rings. The molecule has 0 amide bonds. The Hall–Kier alpha value is -1.32. The van der Waals surface area contributed by atoms with Crippen molar-refractivity contribution in [1.29, 1.82) is 0 Å². The van der Waals surface area contributed by atoms with E-state index in [1.54, 1.807) is 6.07 Å². The van der Waals surface area contributed by atoms with E-state index in [0.717, 1.165) is 11.3 Å². The second-order valence-corrected chi connectivity index (χ2v) is 5.20. The van der Waals surface area contributed by atoms with Crippen LogP contribution in [0.15, 0.2) is 47.4 Å². The van der Waals surface area contributed by atoms with Gasteiger partial charge in [0, 0.05) is 17.2 Å². The zero-order valence-corrected chi connectivity index (χ0v) is 11.1. The summed E-state index contributed by atoms with van der Waals surface area (Å²) in [6.07, 6.45) is 0. The minimum absolute atomic E-state index is 0.184. The number of aryl methyl sites for hydroxylation is 1. The van der Waals surface area contributed by atoms with Crippen LogP contribution in [0.25, 0.3) is 0 Å². The van der Waals surface area contributed by atoms with E-state index in [1.165, 1.54) is 29.0 Å². The lowest BCUT2D eigenvalue weighted by molar-refractivity contribution is 0.599. The van der Waals surface area contributed by atoms with Crippen molar-refractivity contribution < 1.29 is 4.39 Å². The fourth-order valence-electron chi connectivity index (χ4n) is 1.72.